The number of Topliss-reactive ketones (excluding diaryl/α,β-unsaturated/α-hetero) is 2. The number of anilines is 2. The second-order valence-corrected chi connectivity index (χ2v) is 16.4. The average Bonchev–Trinajstić information content (AvgIpc) is 3.04. The SMILES string of the molecule is CC1(C)CC(=O)C(c2cc(NS(=O)(=O)c3ccc4ccccc4c3)c3ccccc3c2NS(=O)(=O)c2ccc3ccccc3c2)C(=O)C1. The number of carbonyl (C=O) groups is 2. The van der Waals surface area contributed by atoms with Gasteiger partial charge in [-0.15, -0.1) is 0 Å². The van der Waals surface area contributed by atoms with Crippen molar-refractivity contribution in [3.05, 3.63) is 121 Å². The summed E-state index contributed by atoms with van der Waals surface area (Å²) in [7, 11) is -8.40. The first kappa shape index (κ1) is 31.5. The highest BCUT2D eigenvalue weighted by atomic mass is 32.2. The van der Waals surface area contributed by atoms with Crippen molar-refractivity contribution in [1.29, 1.82) is 0 Å². The molecule has 0 aromatic heterocycles. The molecule has 2 N–H and O–H groups in total. The standard InChI is InChI=1S/C38H32N2O6S2/c1-38(2)22-34(41)36(35(42)23-38)32-21-33(39-47(43,44)28-17-15-24-9-3-5-11-26(24)19-28)30-13-7-8-14-31(30)37(32)40-48(45,46)29-18-16-25-10-4-6-12-27(25)20-29/h3-21,36,39-40H,22-23H2,1-2H3. The summed E-state index contributed by atoms with van der Waals surface area (Å²) >= 11 is 0. The second kappa shape index (κ2) is 11.6. The van der Waals surface area contributed by atoms with Gasteiger partial charge in [-0.05, 0) is 62.9 Å². The van der Waals surface area contributed by atoms with E-state index in [1.807, 2.05) is 62.4 Å². The lowest BCUT2D eigenvalue weighted by atomic mass is 9.69. The van der Waals surface area contributed by atoms with Gasteiger partial charge in [-0.3, -0.25) is 19.0 Å². The van der Waals surface area contributed by atoms with Crippen molar-refractivity contribution in [3.63, 3.8) is 0 Å². The molecule has 6 aromatic rings. The summed E-state index contributed by atoms with van der Waals surface area (Å²) in [6.07, 6.45) is 0.205. The molecule has 1 saturated carbocycles. The lowest BCUT2D eigenvalue weighted by molar-refractivity contribution is -0.135. The van der Waals surface area contributed by atoms with Crippen LogP contribution in [0, 0.1) is 5.41 Å². The predicted octanol–water partition coefficient (Wildman–Crippen LogP) is 7.79. The Bertz CT molecular complexity index is 2500. The van der Waals surface area contributed by atoms with Gasteiger partial charge in [0, 0.05) is 23.6 Å². The molecule has 6 aromatic carbocycles. The summed E-state index contributed by atoms with van der Waals surface area (Å²) in [6.45, 7) is 3.68. The van der Waals surface area contributed by atoms with Crippen LogP contribution in [-0.2, 0) is 29.6 Å². The Morgan fingerprint density at radius 3 is 1.56 bits per heavy atom. The van der Waals surface area contributed by atoms with Gasteiger partial charge in [-0.1, -0.05) is 98.8 Å². The van der Waals surface area contributed by atoms with E-state index in [-0.39, 0.29) is 51.1 Å². The first-order chi connectivity index (χ1) is 22.8. The van der Waals surface area contributed by atoms with Crippen molar-refractivity contribution in [1.82, 2.24) is 0 Å². The van der Waals surface area contributed by atoms with E-state index in [0.717, 1.165) is 21.5 Å². The van der Waals surface area contributed by atoms with Crippen LogP contribution < -0.4 is 9.44 Å². The zero-order valence-electron chi connectivity index (χ0n) is 26.2. The van der Waals surface area contributed by atoms with Crippen molar-refractivity contribution >= 4 is 75.3 Å². The lowest BCUT2D eigenvalue weighted by Crippen LogP contribution is -2.36. The third-order valence-electron chi connectivity index (χ3n) is 8.88. The molecule has 0 heterocycles. The van der Waals surface area contributed by atoms with E-state index >= 15 is 0 Å². The van der Waals surface area contributed by atoms with Gasteiger partial charge >= 0.3 is 0 Å². The summed E-state index contributed by atoms with van der Waals surface area (Å²) in [4.78, 5) is 27.4. The minimum absolute atomic E-state index is 0.000236. The number of hydrogen-bond donors (Lipinski definition) is 2. The Balaban J connectivity index is 1.40. The first-order valence-electron chi connectivity index (χ1n) is 15.5. The zero-order valence-corrected chi connectivity index (χ0v) is 27.9. The quantitative estimate of drug-likeness (QED) is 0.166. The summed E-state index contributed by atoms with van der Waals surface area (Å²) in [6, 6.07) is 32.5. The molecule has 0 spiro atoms. The molecule has 0 unspecified atom stereocenters. The molecule has 0 bridgehead atoms. The van der Waals surface area contributed by atoms with Gasteiger partial charge in [0.15, 0.2) is 0 Å². The van der Waals surface area contributed by atoms with Gasteiger partial charge in [0.25, 0.3) is 20.0 Å². The number of nitrogens with one attached hydrogen (secondary N) is 2. The van der Waals surface area contributed by atoms with Crippen LogP contribution in [-0.4, -0.2) is 28.4 Å². The van der Waals surface area contributed by atoms with Gasteiger partial charge in [0.1, 0.15) is 17.5 Å². The molecule has 1 fully saturated rings. The molecule has 10 heteroatoms. The Hall–Kier alpha value is -5.06. The molecule has 8 nitrogen and oxygen atoms in total. The van der Waals surface area contributed by atoms with Gasteiger partial charge < -0.3 is 0 Å². The van der Waals surface area contributed by atoms with Crippen molar-refractivity contribution < 1.29 is 26.4 Å². The minimum atomic E-state index is -4.24. The topological polar surface area (TPSA) is 126 Å². The average molecular weight is 677 g/mol. The summed E-state index contributed by atoms with van der Waals surface area (Å²) in [5.41, 5.74) is -0.293. The molecule has 1 aliphatic carbocycles. The van der Waals surface area contributed by atoms with Gasteiger partial charge in [0.2, 0.25) is 0 Å². The van der Waals surface area contributed by atoms with Crippen molar-refractivity contribution in [2.75, 3.05) is 9.44 Å². The first-order valence-corrected chi connectivity index (χ1v) is 18.4. The number of ketones is 2. The van der Waals surface area contributed by atoms with Crippen LogP contribution in [0.3, 0.4) is 0 Å². The molecule has 0 saturated heterocycles. The second-order valence-electron chi connectivity index (χ2n) is 13.0. The Morgan fingerprint density at radius 2 is 1.02 bits per heavy atom. The van der Waals surface area contributed by atoms with Crippen LogP contribution in [0.5, 0.6) is 0 Å². The Kier molecular flexibility index (Phi) is 7.60. The smallest absolute Gasteiger partial charge is 0.261 e. The highest BCUT2D eigenvalue weighted by molar-refractivity contribution is 7.93. The normalized spacial score (nSPS) is 15.6. The van der Waals surface area contributed by atoms with E-state index in [0.29, 0.717) is 10.8 Å². The fourth-order valence-electron chi connectivity index (χ4n) is 6.63. The summed E-state index contributed by atoms with van der Waals surface area (Å²) < 4.78 is 61.1. The lowest BCUT2D eigenvalue weighted by Gasteiger charge is -2.33. The molecule has 242 valence electrons. The predicted molar refractivity (Wildman–Crippen MR) is 189 cm³/mol. The molecule has 48 heavy (non-hydrogen) atoms. The van der Waals surface area contributed by atoms with E-state index in [1.54, 1.807) is 48.5 Å². The molecular weight excluding hydrogens is 645 g/mol. The van der Waals surface area contributed by atoms with Crippen LogP contribution in [0.15, 0.2) is 125 Å². The Morgan fingerprint density at radius 1 is 0.562 bits per heavy atom. The third kappa shape index (κ3) is 5.82. The molecule has 0 atom stereocenters. The highest BCUT2D eigenvalue weighted by Crippen LogP contribution is 2.45. The number of sulfonamides is 2. The molecule has 7 rings (SSSR count). The highest BCUT2D eigenvalue weighted by Gasteiger charge is 2.42. The van der Waals surface area contributed by atoms with E-state index in [9.17, 15) is 26.4 Å². The van der Waals surface area contributed by atoms with Crippen LogP contribution in [0.1, 0.15) is 38.2 Å². The molecule has 1 aliphatic rings. The van der Waals surface area contributed by atoms with Crippen LogP contribution in [0.4, 0.5) is 11.4 Å². The van der Waals surface area contributed by atoms with E-state index < -0.39 is 31.4 Å². The van der Waals surface area contributed by atoms with Gasteiger partial charge in [0.05, 0.1) is 21.2 Å². The molecule has 0 aliphatic heterocycles. The fourth-order valence-corrected chi connectivity index (χ4v) is 8.87. The van der Waals surface area contributed by atoms with Gasteiger partial charge in [-0.25, -0.2) is 16.8 Å². The minimum Gasteiger partial charge on any atom is -0.298 e. The third-order valence-corrected chi connectivity index (χ3v) is 11.6. The maximum atomic E-state index is 14.0. The van der Waals surface area contributed by atoms with E-state index in [2.05, 4.69) is 9.44 Å². The number of fused-ring (bicyclic) bond motifs is 3. The number of hydrogen-bond acceptors (Lipinski definition) is 6. The maximum Gasteiger partial charge on any atom is 0.261 e. The Labute approximate surface area is 278 Å². The van der Waals surface area contributed by atoms with Crippen LogP contribution >= 0.6 is 0 Å². The van der Waals surface area contributed by atoms with Crippen molar-refractivity contribution in [3.8, 4) is 0 Å². The summed E-state index contributed by atoms with van der Waals surface area (Å²) in [5, 5.41) is 3.93. The number of benzene rings is 6. The monoisotopic (exact) mass is 676 g/mol. The fraction of sp³-hybridized carbons (Fsp3) is 0.158. The van der Waals surface area contributed by atoms with Crippen LogP contribution in [0.25, 0.3) is 32.3 Å². The number of rotatable bonds is 7. The summed E-state index contributed by atoms with van der Waals surface area (Å²) in [5.74, 6) is -2.01. The molecule has 0 radical (unpaired) electrons. The van der Waals surface area contributed by atoms with E-state index in [4.69, 9.17) is 0 Å². The van der Waals surface area contributed by atoms with Crippen molar-refractivity contribution in [2.24, 2.45) is 5.41 Å². The van der Waals surface area contributed by atoms with Gasteiger partial charge in [-0.2, -0.15) is 0 Å². The molecule has 0 amide bonds. The zero-order chi connectivity index (χ0) is 33.8. The van der Waals surface area contributed by atoms with E-state index in [1.165, 1.54) is 18.2 Å². The maximum absolute atomic E-state index is 14.0. The number of carbonyl (C=O) groups excluding carboxylic acids is 2. The van der Waals surface area contributed by atoms with Crippen LogP contribution in [0.2, 0.25) is 0 Å². The molecular formula is C38H32N2O6S2. The largest absolute Gasteiger partial charge is 0.298 e. The van der Waals surface area contributed by atoms with Crippen molar-refractivity contribution in [2.45, 2.75) is 42.4 Å².